The van der Waals surface area contributed by atoms with Crippen LogP contribution in [0.4, 0.5) is 10.1 Å². The average Bonchev–Trinajstić information content (AvgIpc) is 2.94. The number of halogens is 1. The normalized spacial score (nSPS) is 14.0. The number of fused-ring (bicyclic) bond motifs is 1. The van der Waals surface area contributed by atoms with Gasteiger partial charge in [0.15, 0.2) is 0 Å². The molecule has 0 atom stereocenters. The van der Waals surface area contributed by atoms with E-state index in [2.05, 4.69) is 4.90 Å². The smallest absolute Gasteiger partial charge is 0.338 e. The molecule has 1 saturated heterocycles. The first kappa shape index (κ1) is 26.2. The molecule has 1 aliphatic rings. The summed E-state index contributed by atoms with van der Waals surface area (Å²) in [5.41, 5.74) is 1.40. The van der Waals surface area contributed by atoms with Gasteiger partial charge in [0.05, 0.1) is 28.8 Å². The minimum Gasteiger partial charge on any atom is -0.507 e. The molecular weight excluding hydrogens is 503 g/mol. The molecule has 202 valence electrons. The first-order valence-corrected chi connectivity index (χ1v) is 12.8. The highest BCUT2D eigenvalue weighted by atomic mass is 19.1. The quantitative estimate of drug-likeness (QED) is 0.323. The number of hydrogen-bond donors (Lipinski definition) is 1. The summed E-state index contributed by atoms with van der Waals surface area (Å²) in [4.78, 5) is 29.4. The molecule has 39 heavy (non-hydrogen) atoms. The Morgan fingerprint density at radius 1 is 1.03 bits per heavy atom. The third-order valence-electron chi connectivity index (χ3n) is 6.79. The highest BCUT2D eigenvalue weighted by Crippen LogP contribution is 2.32. The molecule has 0 radical (unpaired) electrons. The van der Waals surface area contributed by atoms with Crippen LogP contribution in [-0.4, -0.2) is 48.8 Å². The highest BCUT2D eigenvalue weighted by Gasteiger charge is 2.23. The molecule has 2 heterocycles. The first-order valence-electron chi connectivity index (χ1n) is 12.8. The van der Waals surface area contributed by atoms with E-state index >= 15 is 0 Å². The van der Waals surface area contributed by atoms with Gasteiger partial charge in [-0.05, 0) is 62.4 Å². The van der Waals surface area contributed by atoms with Gasteiger partial charge < -0.3 is 23.9 Å². The Hall–Kier alpha value is -4.37. The molecule has 0 saturated carbocycles. The van der Waals surface area contributed by atoms with Crippen molar-refractivity contribution in [1.82, 2.24) is 4.90 Å². The fraction of sp³-hybridized carbons (Fsp3) is 0.267. The van der Waals surface area contributed by atoms with Crippen LogP contribution in [0.3, 0.4) is 0 Å². The molecule has 8 nitrogen and oxygen atoms in total. The predicted octanol–water partition coefficient (Wildman–Crippen LogP) is 5.24. The summed E-state index contributed by atoms with van der Waals surface area (Å²) in [5.74, 6) is 0.00309. The second-order valence-corrected chi connectivity index (χ2v) is 9.32. The number of phenols is 1. The number of hydrogen-bond acceptors (Lipinski definition) is 8. The summed E-state index contributed by atoms with van der Waals surface area (Å²) >= 11 is 0. The van der Waals surface area contributed by atoms with Crippen molar-refractivity contribution in [3.8, 4) is 17.2 Å². The Labute approximate surface area is 224 Å². The zero-order valence-corrected chi connectivity index (χ0v) is 21.8. The van der Waals surface area contributed by atoms with Crippen LogP contribution >= 0.6 is 0 Å². The average molecular weight is 533 g/mol. The zero-order valence-electron chi connectivity index (χ0n) is 21.8. The predicted molar refractivity (Wildman–Crippen MR) is 145 cm³/mol. The number of nitrogens with zero attached hydrogens (tertiary/aromatic N) is 2. The lowest BCUT2D eigenvalue weighted by molar-refractivity contribution is 0.0526. The molecule has 3 aromatic carbocycles. The number of piperazine rings is 1. The number of carbonyl (C=O) groups is 1. The topological polar surface area (TPSA) is 92.5 Å². The van der Waals surface area contributed by atoms with Crippen LogP contribution < -0.4 is 15.1 Å². The molecule has 0 aliphatic carbocycles. The van der Waals surface area contributed by atoms with Gasteiger partial charge >= 0.3 is 5.97 Å². The molecule has 5 rings (SSSR count). The number of benzene rings is 3. The van der Waals surface area contributed by atoms with Gasteiger partial charge in [-0.3, -0.25) is 9.69 Å². The van der Waals surface area contributed by atoms with E-state index in [0.717, 1.165) is 0 Å². The Kier molecular flexibility index (Phi) is 7.51. The van der Waals surface area contributed by atoms with Gasteiger partial charge in [-0.25, -0.2) is 9.18 Å². The van der Waals surface area contributed by atoms with Crippen LogP contribution in [0.5, 0.6) is 17.2 Å². The van der Waals surface area contributed by atoms with E-state index in [4.69, 9.17) is 13.9 Å². The van der Waals surface area contributed by atoms with Gasteiger partial charge in [-0.15, -0.1) is 0 Å². The van der Waals surface area contributed by atoms with Gasteiger partial charge in [0.25, 0.3) is 0 Å². The van der Waals surface area contributed by atoms with E-state index in [1.807, 2.05) is 11.0 Å². The lowest BCUT2D eigenvalue weighted by atomic mass is 10.1. The molecule has 0 spiro atoms. The van der Waals surface area contributed by atoms with E-state index in [-0.39, 0.29) is 40.5 Å². The minimum atomic E-state index is -0.438. The van der Waals surface area contributed by atoms with Crippen LogP contribution in [0.1, 0.15) is 28.6 Å². The number of ether oxygens (including phenoxy) is 2. The Balaban J connectivity index is 1.36. The number of para-hydroxylation sites is 1. The maximum absolute atomic E-state index is 14.2. The van der Waals surface area contributed by atoms with Crippen molar-refractivity contribution in [3.05, 3.63) is 93.6 Å². The molecule has 1 aliphatic heterocycles. The number of rotatable bonds is 7. The van der Waals surface area contributed by atoms with Gasteiger partial charge in [0.2, 0.25) is 11.2 Å². The summed E-state index contributed by atoms with van der Waals surface area (Å²) in [6.45, 7) is 6.56. The van der Waals surface area contributed by atoms with Gasteiger partial charge in [-0.2, -0.15) is 0 Å². The summed E-state index contributed by atoms with van der Waals surface area (Å²) in [7, 11) is 0. The molecule has 0 amide bonds. The Bertz CT molecular complexity index is 1560. The van der Waals surface area contributed by atoms with E-state index in [0.29, 0.717) is 60.9 Å². The van der Waals surface area contributed by atoms with Crippen LogP contribution in [0.15, 0.2) is 69.9 Å². The number of aryl methyl sites for hydroxylation is 1. The lowest BCUT2D eigenvalue weighted by Crippen LogP contribution is -2.46. The summed E-state index contributed by atoms with van der Waals surface area (Å²) in [5, 5.41) is 11.0. The van der Waals surface area contributed by atoms with Gasteiger partial charge in [0, 0.05) is 32.7 Å². The first-order chi connectivity index (χ1) is 18.9. The monoisotopic (exact) mass is 532 g/mol. The van der Waals surface area contributed by atoms with Crippen molar-refractivity contribution >= 4 is 22.6 Å². The highest BCUT2D eigenvalue weighted by molar-refractivity contribution is 5.89. The van der Waals surface area contributed by atoms with E-state index in [1.165, 1.54) is 18.2 Å². The molecule has 9 heteroatoms. The Morgan fingerprint density at radius 3 is 2.44 bits per heavy atom. The SMILES string of the molecule is CCOC(=O)c1ccc(Oc2c(C)oc3c(CN4CCN(c5ccccc5F)CC4)c(O)ccc3c2=O)cc1. The molecule has 1 N–H and O–H groups in total. The summed E-state index contributed by atoms with van der Waals surface area (Å²) < 4.78 is 31.1. The van der Waals surface area contributed by atoms with Crippen molar-refractivity contribution in [2.24, 2.45) is 0 Å². The van der Waals surface area contributed by atoms with Crippen molar-refractivity contribution in [2.45, 2.75) is 20.4 Å². The molecule has 4 aromatic rings. The fourth-order valence-corrected chi connectivity index (χ4v) is 4.74. The minimum absolute atomic E-state index is 0.0292. The van der Waals surface area contributed by atoms with Crippen molar-refractivity contribution in [1.29, 1.82) is 0 Å². The molecular formula is C30H29FN2O6. The molecule has 0 bridgehead atoms. The van der Waals surface area contributed by atoms with Crippen LogP contribution in [-0.2, 0) is 11.3 Å². The van der Waals surface area contributed by atoms with E-state index in [9.17, 15) is 19.1 Å². The number of phenolic OH excluding ortho intramolecular Hbond substituents is 1. The molecule has 1 fully saturated rings. The van der Waals surface area contributed by atoms with Crippen molar-refractivity contribution < 1.29 is 28.2 Å². The third kappa shape index (κ3) is 5.44. The molecule has 1 aromatic heterocycles. The van der Waals surface area contributed by atoms with Gasteiger partial charge in [-0.1, -0.05) is 12.1 Å². The van der Waals surface area contributed by atoms with Crippen LogP contribution in [0.2, 0.25) is 0 Å². The number of aromatic hydroxyl groups is 1. The lowest BCUT2D eigenvalue weighted by Gasteiger charge is -2.36. The van der Waals surface area contributed by atoms with E-state index < -0.39 is 5.97 Å². The third-order valence-corrected chi connectivity index (χ3v) is 6.79. The van der Waals surface area contributed by atoms with Crippen LogP contribution in [0.25, 0.3) is 11.0 Å². The largest absolute Gasteiger partial charge is 0.507 e. The maximum Gasteiger partial charge on any atom is 0.338 e. The number of anilines is 1. The van der Waals surface area contributed by atoms with Crippen molar-refractivity contribution in [3.63, 3.8) is 0 Å². The number of esters is 1. The fourth-order valence-electron chi connectivity index (χ4n) is 4.74. The van der Waals surface area contributed by atoms with Crippen LogP contribution in [0, 0.1) is 12.7 Å². The number of carbonyl (C=O) groups excluding carboxylic acids is 1. The molecule has 0 unspecified atom stereocenters. The zero-order chi connectivity index (χ0) is 27.5. The maximum atomic E-state index is 14.2. The second kappa shape index (κ2) is 11.2. The van der Waals surface area contributed by atoms with Crippen molar-refractivity contribution in [2.75, 3.05) is 37.7 Å². The Morgan fingerprint density at radius 2 is 1.74 bits per heavy atom. The second-order valence-electron chi connectivity index (χ2n) is 9.32. The summed E-state index contributed by atoms with van der Waals surface area (Å²) in [6.07, 6.45) is 0. The van der Waals surface area contributed by atoms with E-state index in [1.54, 1.807) is 50.2 Å². The summed E-state index contributed by atoms with van der Waals surface area (Å²) in [6, 6.07) is 16.0. The van der Waals surface area contributed by atoms with Gasteiger partial charge in [0.1, 0.15) is 28.7 Å². The standard InChI is InChI=1S/C30H29FN2O6/c1-3-37-30(36)20-8-10-21(11-9-20)39-28-19(2)38-29-22(27(28)35)12-13-26(34)23(29)18-32-14-16-33(17-15-32)25-7-5-4-6-24(25)31/h4-13,34H,3,14-18H2,1-2H3.